The summed E-state index contributed by atoms with van der Waals surface area (Å²) in [7, 11) is 5.40. The Kier molecular flexibility index (Phi) is 6.39. The number of anilines is 1. The minimum Gasteiger partial charge on any atom is -0.497 e. The second-order valence-electron chi connectivity index (χ2n) is 5.80. The van der Waals surface area contributed by atoms with Crippen molar-refractivity contribution in [2.45, 2.75) is 12.8 Å². The normalized spacial score (nSPS) is 10.0. The molecule has 0 unspecified atom stereocenters. The summed E-state index contributed by atoms with van der Waals surface area (Å²) in [6.07, 6.45) is 0.834. The molecule has 0 atom stereocenters. The number of carbonyl (C=O) groups is 2. The molecular formula is C19H23N3O3. The molecule has 2 N–H and O–H groups in total. The molecule has 25 heavy (non-hydrogen) atoms. The summed E-state index contributed by atoms with van der Waals surface area (Å²) < 4.78 is 5.16. The maximum atomic E-state index is 12.1. The number of aryl methyl sites for hydroxylation is 1. The zero-order valence-corrected chi connectivity index (χ0v) is 14.7. The van der Waals surface area contributed by atoms with Gasteiger partial charge in [0.05, 0.1) is 7.11 Å². The SMILES string of the molecule is COc1cccc(CCC(=O)NNC(=O)c2cccc(N(C)C)c2)c1. The van der Waals surface area contributed by atoms with Gasteiger partial charge in [0.15, 0.2) is 0 Å². The number of carbonyl (C=O) groups excluding carboxylic acids is 2. The Hall–Kier alpha value is -3.02. The maximum absolute atomic E-state index is 12.1. The summed E-state index contributed by atoms with van der Waals surface area (Å²) in [6.45, 7) is 0. The van der Waals surface area contributed by atoms with E-state index in [1.807, 2.05) is 49.3 Å². The van der Waals surface area contributed by atoms with Gasteiger partial charge in [-0.1, -0.05) is 18.2 Å². The number of hydrogen-bond acceptors (Lipinski definition) is 4. The Morgan fingerprint density at radius 1 is 1.04 bits per heavy atom. The first-order valence-electron chi connectivity index (χ1n) is 7.99. The van der Waals surface area contributed by atoms with Crippen LogP contribution in [0.2, 0.25) is 0 Å². The highest BCUT2D eigenvalue weighted by Gasteiger charge is 2.09. The van der Waals surface area contributed by atoms with Crippen LogP contribution in [-0.2, 0) is 11.2 Å². The lowest BCUT2D eigenvalue weighted by atomic mass is 10.1. The van der Waals surface area contributed by atoms with Gasteiger partial charge >= 0.3 is 0 Å². The van der Waals surface area contributed by atoms with Crippen LogP contribution in [0.15, 0.2) is 48.5 Å². The van der Waals surface area contributed by atoms with Crippen molar-refractivity contribution in [3.8, 4) is 5.75 Å². The maximum Gasteiger partial charge on any atom is 0.269 e. The minimum atomic E-state index is -0.349. The van der Waals surface area contributed by atoms with E-state index in [1.54, 1.807) is 25.3 Å². The molecule has 0 aromatic heterocycles. The van der Waals surface area contributed by atoms with Gasteiger partial charge in [-0.3, -0.25) is 20.4 Å². The fourth-order valence-corrected chi connectivity index (χ4v) is 2.27. The molecule has 0 aliphatic rings. The first-order chi connectivity index (χ1) is 12.0. The van der Waals surface area contributed by atoms with Crippen LogP contribution >= 0.6 is 0 Å². The topological polar surface area (TPSA) is 70.7 Å². The number of hydrazine groups is 1. The number of hydrogen-bond donors (Lipinski definition) is 2. The van der Waals surface area contributed by atoms with Crippen molar-refractivity contribution in [2.75, 3.05) is 26.1 Å². The Bertz CT molecular complexity index is 744. The standard InChI is InChI=1S/C19H23N3O3/c1-22(2)16-8-5-7-15(13-16)19(24)21-20-18(23)11-10-14-6-4-9-17(12-14)25-3/h4-9,12-13H,10-11H2,1-3H3,(H,20,23)(H,21,24). The van der Waals surface area contributed by atoms with E-state index in [-0.39, 0.29) is 18.2 Å². The van der Waals surface area contributed by atoms with Gasteiger partial charge in [-0.05, 0) is 42.3 Å². The van der Waals surface area contributed by atoms with Crippen LogP contribution in [0.4, 0.5) is 5.69 Å². The average Bonchev–Trinajstić information content (AvgIpc) is 2.64. The molecule has 0 heterocycles. The van der Waals surface area contributed by atoms with Gasteiger partial charge in [0.2, 0.25) is 5.91 Å². The molecule has 2 aromatic carbocycles. The van der Waals surface area contributed by atoms with E-state index >= 15 is 0 Å². The number of rotatable bonds is 6. The van der Waals surface area contributed by atoms with Crippen molar-refractivity contribution in [3.05, 3.63) is 59.7 Å². The molecule has 0 aliphatic carbocycles. The molecule has 132 valence electrons. The lowest BCUT2D eigenvalue weighted by Crippen LogP contribution is -2.41. The van der Waals surface area contributed by atoms with Gasteiger partial charge < -0.3 is 9.64 Å². The molecule has 0 bridgehead atoms. The molecule has 6 heteroatoms. The summed E-state index contributed by atoms with van der Waals surface area (Å²) in [4.78, 5) is 25.9. The van der Waals surface area contributed by atoms with Crippen molar-refractivity contribution in [3.63, 3.8) is 0 Å². The number of amides is 2. The molecule has 2 rings (SSSR count). The first-order valence-corrected chi connectivity index (χ1v) is 7.99. The van der Waals surface area contributed by atoms with Crippen LogP contribution in [0.5, 0.6) is 5.75 Å². The Balaban J connectivity index is 1.83. The summed E-state index contributed by atoms with van der Waals surface area (Å²) in [6, 6.07) is 14.7. The summed E-state index contributed by atoms with van der Waals surface area (Å²) in [5.41, 5.74) is 7.29. The molecule has 0 saturated heterocycles. The van der Waals surface area contributed by atoms with Crippen LogP contribution < -0.4 is 20.5 Å². The third-order valence-electron chi connectivity index (χ3n) is 3.72. The van der Waals surface area contributed by atoms with Gasteiger partial charge in [0, 0.05) is 31.8 Å². The van der Waals surface area contributed by atoms with Crippen molar-refractivity contribution >= 4 is 17.5 Å². The second-order valence-corrected chi connectivity index (χ2v) is 5.80. The van der Waals surface area contributed by atoms with E-state index in [4.69, 9.17) is 4.74 Å². The van der Waals surface area contributed by atoms with Crippen LogP contribution in [0.25, 0.3) is 0 Å². The van der Waals surface area contributed by atoms with Crippen LogP contribution in [-0.4, -0.2) is 33.0 Å². The lowest BCUT2D eigenvalue weighted by molar-refractivity contribution is -0.121. The highest BCUT2D eigenvalue weighted by molar-refractivity contribution is 5.96. The Morgan fingerprint density at radius 3 is 2.52 bits per heavy atom. The predicted molar refractivity (Wildman–Crippen MR) is 97.7 cm³/mol. The number of benzene rings is 2. The Morgan fingerprint density at radius 2 is 1.80 bits per heavy atom. The van der Waals surface area contributed by atoms with Crippen LogP contribution in [0, 0.1) is 0 Å². The van der Waals surface area contributed by atoms with Gasteiger partial charge in [-0.2, -0.15) is 0 Å². The van der Waals surface area contributed by atoms with E-state index in [2.05, 4.69) is 10.9 Å². The van der Waals surface area contributed by atoms with Crippen molar-refractivity contribution < 1.29 is 14.3 Å². The molecule has 6 nitrogen and oxygen atoms in total. The minimum absolute atomic E-state index is 0.250. The molecule has 0 saturated carbocycles. The first kappa shape index (κ1) is 18.3. The number of methoxy groups -OCH3 is 1. The quantitative estimate of drug-likeness (QED) is 0.790. The third kappa shape index (κ3) is 5.53. The lowest BCUT2D eigenvalue weighted by Gasteiger charge is -2.13. The monoisotopic (exact) mass is 341 g/mol. The molecule has 0 radical (unpaired) electrons. The van der Waals surface area contributed by atoms with Crippen LogP contribution in [0.3, 0.4) is 0 Å². The molecular weight excluding hydrogens is 318 g/mol. The summed E-state index contributed by atoms with van der Waals surface area (Å²) >= 11 is 0. The third-order valence-corrected chi connectivity index (χ3v) is 3.72. The van der Waals surface area contributed by atoms with Crippen LogP contribution in [0.1, 0.15) is 22.3 Å². The van der Waals surface area contributed by atoms with E-state index in [1.165, 1.54) is 0 Å². The smallest absolute Gasteiger partial charge is 0.269 e. The fraction of sp³-hybridized carbons (Fsp3) is 0.263. The molecule has 0 fully saturated rings. The average molecular weight is 341 g/mol. The molecule has 0 aliphatic heterocycles. The largest absolute Gasteiger partial charge is 0.497 e. The van der Waals surface area contributed by atoms with Gasteiger partial charge in [0.25, 0.3) is 5.91 Å². The predicted octanol–water partition coefficient (Wildman–Crippen LogP) is 2.15. The molecule has 0 spiro atoms. The second kappa shape index (κ2) is 8.73. The van der Waals surface area contributed by atoms with Gasteiger partial charge in [-0.15, -0.1) is 0 Å². The number of nitrogens with one attached hydrogen (secondary N) is 2. The van der Waals surface area contributed by atoms with E-state index in [9.17, 15) is 9.59 Å². The Labute approximate surface area is 147 Å². The van der Waals surface area contributed by atoms with Gasteiger partial charge in [-0.25, -0.2) is 0 Å². The number of nitrogens with zero attached hydrogens (tertiary/aromatic N) is 1. The zero-order valence-electron chi connectivity index (χ0n) is 14.7. The fourth-order valence-electron chi connectivity index (χ4n) is 2.27. The highest BCUT2D eigenvalue weighted by Crippen LogP contribution is 2.14. The van der Waals surface area contributed by atoms with Crippen molar-refractivity contribution in [1.29, 1.82) is 0 Å². The highest BCUT2D eigenvalue weighted by atomic mass is 16.5. The summed E-state index contributed by atoms with van der Waals surface area (Å²) in [5, 5.41) is 0. The zero-order chi connectivity index (χ0) is 18.2. The molecule has 2 amide bonds. The summed E-state index contributed by atoms with van der Waals surface area (Å²) in [5.74, 6) is 0.158. The molecule has 2 aromatic rings. The van der Waals surface area contributed by atoms with Crippen molar-refractivity contribution in [1.82, 2.24) is 10.9 Å². The van der Waals surface area contributed by atoms with E-state index in [0.717, 1.165) is 17.0 Å². The van der Waals surface area contributed by atoms with E-state index < -0.39 is 0 Å². The van der Waals surface area contributed by atoms with E-state index in [0.29, 0.717) is 12.0 Å². The van der Waals surface area contributed by atoms with Crippen molar-refractivity contribution in [2.24, 2.45) is 0 Å². The van der Waals surface area contributed by atoms with Gasteiger partial charge in [0.1, 0.15) is 5.75 Å². The number of ether oxygens (including phenoxy) is 1.